The van der Waals surface area contributed by atoms with Crippen molar-refractivity contribution >= 4 is 17.5 Å². The predicted octanol–water partition coefficient (Wildman–Crippen LogP) is 1.38. The summed E-state index contributed by atoms with van der Waals surface area (Å²) in [5, 5.41) is 5.72. The monoisotopic (exact) mass is 317 g/mol. The number of nitrogens with zero attached hydrogens (tertiary/aromatic N) is 1. The van der Waals surface area contributed by atoms with Crippen LogP contribution in [0.2, 0.25) is 0 Å². The number of carbonyl (C=O) groups is 2. The molecule has 2 unspecified atom stereocenters. The SMILES string of the molecule is CCN1CCCC1CNC(=O)CC1Oc2ccccc2NC1=O. The molecule has 0 aromatic heterocycles. The smallest absolute Gasteiger partial charge is 0.266 e. The van der Waals surface area contributed by atoms with Crippen molar-refractivity contribution in [2.45, 2.75) is 38.3 Å². The summed E-state index contributed by atoms with van der Waals surface area (Å²) in [6.07, 6.45) is 1.57. The fourth-order valence-electron chi connectivity index (χ4n) is 3.24. The normalized spacial score (nSPS) is 23.8. The van der Waals surface area contributed by atoms with Gasteiger partial charge in [-0.15, -0.1) is 0 Å². The van der Waals surface area contributed by atoms with Gasteiger partial charge < -0.3 is 15.4 Å². The first-order valence-electron chi connectivity index (χ1n) is 8.24. The minimum atomic E-state index is -0.768. The van der Waals surface area contributed by atoms with Crippen LogP contribution in [0, 0.1) is 0 Å². The fourth-order valence-corrected chi connectivity index (χ4v) is 3.24. The highest BCUT2D eigenvalue weighted by Crippen LogP contribution is 2.29. The average molecular weight is 317 g/mol. The Morgan fingerprint density at radius 3 is 3.09 bits per heavy atom. The number of likely N-dealkylation sites (tertiary alicyclic amines) is 1. The van der Waals surface area contributed by atoms with Gasteiger partial charge in [0.15, 0.2) is 6.10 Å². The molecule has 2 aliphatic rings. The molecule has 0 aliphatic carbocycles. The molecule has 124 valence electrons. The van der Waals surface area contributed by atoms with Crippen LogP contribution >= 0.6 is 0 Å². The molecule has 1 aromatic rings. The van der Waals surface area contributed by atoms with Crippen molar-refractivity contribution in [3.63, 3.8) is 0 Å². The number of rotatable bonds is 5. The number of benzene rings is 1. The molecule has 23 heavy (non-hydrogen) atoms. The molecule has 0 saturated carbocycles. The van der Waals surface area contributed by atoms with Gasteiger partial charge in [0.05, 0.1) is 12.1 Å². The number of carbonyl (C=O) groups excluding carboxylic acids is 2. The highest BCUT2D eigenvalue weighted by molar-refractivity contribution is 5.99. The lowest BCUT2D eigenvalue weighted by molar-refractivity contribution is -0.130. The number of hydrogen-bond donors (Lipinski definition) is 2. The standard InChI is InChI=1S/C17H23N3O3/c1-2-20-9-5-6-12(20)11-18-16(21)10-15-17(22)19-13-7-3-4-8-14(13)23-15/h3-4,7-8,12,15H,2,5-6,9-11H2,1H3,(H,18,21)(H,19,22). The fraction of sp³-hybridized carbons (Fsp3) is 0.529. The Morgan fingerprint density at radius 1 is 1.43 bits per heavy atom. The van der Waals surface area contributed by atoms with Crippen LogP contribution in [0.4, 0.5) is 5.69 Å². The topological polar surface area (TPSA) is 70.7 Å². The maximum Gasteiger partial charge on any atom is 0.266 e. The number of amides is 2. The lowest BCUT2D eigenvalue weighted by Gasteiger charge is -2.26. The molecular formula is C17H23N3O3. The van der Waals surface area contributed by atoms with Crippen LogP contribution in [0.1, 0.15) is 26.2 Å². The van der Waals surface area contributed by atoms with Crippen molar-refractivity contribution in [2.75, 3.05) is 25.0 Å². The van der Waals surface area contributed by atoms with Crippen molar-refractivity contribution in [3.05, 3.63) is 24.3 Å². The molecule has 3 rings (SSSR count). The summed E-state index contributed by atoms with van der Waals surface area (Å²) in [5.41, 5.74) is 0.652. The van der Waals surface area contributed by atoms with Gasteiger partial charge in [-0.05, 0) is 38.1 Å². The van der Waals surface area contributed by atoms with Crippen LogP contribution in [0.3, 0.4) is 0 Å². The maximum atomic E-state index is 12.1. The van der Waals surface area contributed by atoms with Gasteiger partial charge in [-0.2, -0.15) is 0 Å². The zero-order valence-electron chi connectivity index (χ0n) is 13.4. The summed E-state index contributed by atoms with van der Waals surface area (Å²) in [5.74, 6) is 0.195. The molecule has 0 bridgehead atoms. The summed E-state index contributed by atoms with van der Waals surface area (Å²) in [4.78, 5) is 26.5. The van der Waals surface area contributed by atoms with E-state index < -0.39 is 6.10 Å². The third-order valence-electron chi connectivity index (χ3n) is 4.52. The second kappa shape index (κ2) is 7.00. The van der Waals surface area contributed by atoms with Crippen LogP contribution in [-0.2, 0) is 9.59 Å². The quantitative estimate of drug-likeness (QED) is 0.861. The van der Waals surface area contributed by atoms with Gasteiger partial charge in [-0.3, -0.25) is 14.5 Å². The third-order valence-corrected chi connectivity index (χ3v) is 4.52. The minimum Gasteiger partial charge on any atom is -0.478 e. The van der Waals surface area contributed by atoms with E-state index in [-0.39, 0.29) is 18.2 Å². The Labute approximate surface area is 136 Å². The maximum absolute atomic E-state index is 12.1. The molecule has 2 atom stereocenters. The molecule has 0 spiro atoms. The minimum absolute atomic E-state index is 0.0407. The molecule has 2 aliphatic heterocycles. The van der Waals surface area contributed by atoms with E-state index in [1.54, 1.807) is 12.1 Å². The molecule has 1 fully saturated rings. The van der Waals surface area contributed by atoms with Crippen molar-refractivity contribution in [2.24, 2.45) is 0 Å². The third kappa shape index (κ3) is 3.64. The molecule has 1 saturated heterocycles. The van der Waals surface area contributed by atoms with E-state index in [1.807, 2.05) is 12.1 Å². The summed E-state index contributed by atoms with van der Waals surface area (Å²) in [6.45, 7) is 4.88. The summed E-state index contributed by atoms with van der Waals surface area (Å²) < 4.78 is 5.65. The van der Waals surface area contributed by atoms with Crippen LogP contribution in [0.25, 0.3) is 0 Å². The Morgan fingerprint density at radius 2 is 2.26 bits per heavy atom. The number of anilines is 1. The van der Waals surface area contributed by atoms with E-state index in [4.69, 9.17) is 4.74 Å². The molecular weight excluding hydrogens is 294 g/mol. The van der Waals surface area contributed by atoms with Crippen molar-refractivity contribution in [1.29, 1.82) is 0 Å². The van der Waals surface area contributed by atoms with E-state index in [0.717, 1.165) is 19.5 Å². The number of nitrogens with one attached hydrogen (secondary N) is 2. The predicted molar refractivity (Wildman–Crippen MR) is 87.4 cm³/mol. The highest BCUT2D eigenvalue weighted by Gasteiger charge is 2.30. The lowest BCUT2D eigenvalue weighted by Crippen LogP contribution is -2.44. The van der Waals surface area contributed by atoms with Gasteiger partial charge in [0.25, 0.3) is 5.91 Å². The van der Waals surface area contributed by atoms with E-state index in [2.05, 4.69) is 22.5 Å². The van der Waals surface area contributed by atoms with Crippen LogP contribution in [0.5, 0.6) is 5.75 Å². The number of fused-ring (bicyclic) bond motifs is 1. The molecule has 2 heterocycles. The van der Waals surface area contributed by atoms with Crippen LogP contribution in [0.15, 0.2) is 24.3 Å². The number of para-hydroxylation sites is 2. The van der Waals surface area contributed by atoms with Gasteiger partial charge in [-0.25, -0.2) is 0 Å². The van der Waals surface area contributed by atoms with Gasteiger partial charge in [-0.1, -0.05) is 19.1 Å². The number of likely N-dealkylation sites (N-methyl/N-ethyl adjacent to an activating group) is 1. The zero-order valence-corrected chi connectivity index (χ0v) is 13.4. The molecule has 0 radical (unpaired) electrons. The van der Waals surface area contributed by atoms with Crippen molar-refractivity contribution in [3.8, 4) is 5.75 Å². The van der Waals surface area contributed by atoms with Gasteiger partial charge >= 0.3 is 0 Å². The Bertz CT molecular complexity index is 590. The second-order valence-corrected chi connectivity index (χ2v) is 6.02. The molecule has 6 nitrogen and oxygen atoms in total. The Hall–Kier alpha value is -2.08. The van der Waals surface area contributed by atoms with Crippen LogP contribution < -0.4 is 15.4 Å². The Balaban J connectivity index is 1.51. The summed E-state index contributed by atoms with van der Waals surface area (Å²) in [6, 6.07) is 7.65. The first-order chi connectivity index (χ1) is 11.2. The molecule has 2 amide bonds. The first-order valence-corrected chi connectivity index (χ1v) is 8.24. The first kappa shape index (κ1) is 15.8. The van der Waals surface area contributed by atoms with Crippen molar-refractivity contribution in [1.82, 2.24) is 10.2 Å². The van der Waals surface area contributed by atoms with Crippen molar-refractivity contribution < 1.29 is 14.3 Å². The average Bonchev–Trinajstić information content (AvgIpc) is 3.01. The molecule has 6 heteroatoms. The molecule has 1 aromatic carbocycles. The lowest BCUT2D eigenvalue weighted by atomic mass is 10.1. The molecule has 2 N–H and O–H groups in total. The van der Waals surface area contributed by atoms with Gasteiger partial charge in [0.2, 0.25) is 5.91 Å². The Kier molecular flexibility index (Phi) is 4.81. The van der Waals surface area contributed by atoms with Gasteiger partial charge in [0.1, 0.15) is 5.75 Å². The summed E-state index contributed by atoms with van der Waals surface area (Å²) >= 11 is 0. The number of ether oxygens (including phenoxy) is 1. The van der Waals surface area contributed by atoms with E-state index in [0.29, 0.717) is 24.0 Å². The van der Waals surface area contributed by atoms with Crippen LogP contribution in [-0.4, -0.2) is 48.5 Å². The number of hydrogen-bond acceptors (Lipinski definition) is 4. The van der Waals surface area contributed by atoms with E-state index >= 15 is 0 Å². The van der Waals surface area contributed by atoms with Gasteiger partial charge in [0, 0.05) is 12.6 Å². The van der Waals surface area contributed by atoms with E-state index in [9.17, 15) is 9.59 Å². The summed E-state index contributed by atoms with van der Waals surface area (Å²) in [7, 11) is 0. The second-order valence-electron chi connectivity index (χ2n) is 6.02. The van der Waals surface area contributed by atoms with E-state index in [1.165, 1.54) is 6.42 Å². The largest absolute Gasteiger partial charge is 0.478 e. The zero-order chi connectivity index (χ0) is 16.2. The highest BCUT2D eigenvalue weighted by atomic mass is 16.5.